The zero-order valence-corrected chi connectivity index (χ0v) is 15.9. The number of nitrogens with one attached hydrogen (secondary N) is 3. The van der Waals surface area contributed by atoms with Gasteiger partial charge in [-0.05, 0) is 24.1 Å². The van der Waals surface area contributed by atoms with Crippen molar-refractivity contribution in [3.8, 4) is 17.0 Å². The molecule has 1 aromatic heterocycles. The summed E-state index contributed by atoms with van der Waals surface area (Å²) in [6.45, 7) is 3.22. The Hall–Kier alpha value is -3.28. The normalized spacial score (nSPS) is 11.3. The van der Waals surface area contributed by atoms with Crippen LogP contribution in [0.25, 0.3) is 11.3 Å². The smallest absolute Gasteiger partial charge is 0.191 e. The Morgan fingerprint density at radius 1 is 1.11 bits per heavy atom. The molecule has 0 fully saturated rings. The zero-order valence-electron chi connectivity index (χ0n) is 15.9. The number of aliphatic imine (C=N–C) groups is 1. The van der Waals surface area contributed by atoms with E-state index in [-0.39, 0.29) is 0 Å². The molecule has 0 aliphatic carbocycles. The lowest BCUT2D eigenvalue weighted by atomic mass is 10.1. The number of hydrogen-bond acceptors (Lipinski definition) is 3. The quantitative estimate of drug-likeness (QED) is 0.464. The minimum atomic E-state index is 0.553. The predicted molar refractivity (Wildman–Crippen MR) is 109 cm³/mol. The maximum absolute atomic E-state index is 5.45. The minimum Gasteiger partial charge on any atom is -0.496 e. The van der Waals surface area contributed by atoms with Gasteiger partial charge in [0, 0.05) is 19.2 Å². The van der Waals surface area contributed by atoms with Crippen molar-refractivity contribution >= 4 is 5.96 Å². The van der Waals surface area contributed by atoms with E-state index in [0.29, 0.717) is 19.0 Å². The SMILES string of the molecule is CN=C(NCc1ncc(-c2ccccc2)[nH]1)NCc1ccc(C)cc1OC. The summed E-state index contributed by atoms with van der Waals surface area (Å²) < 4.78 is 5.45. The van der Waals surface area contributed by atoms with E-state index in [9.17, 15) is 0 Å². The topological polar surface area (TPSA) is 74.3 Å². The highest BCUT2D eigenvalue weighted by molar-refractivity contribution is 5.79. The van der Waals surface area contributed by atoms with Gasteiger partial charge in [0.1, 0.15) is 11.6 Å². The van der Waals surface area contributed by atoms with E-state index in [0.717, 1.165) is 28.4 Å². The van der Waals surface area contributed by atoms with Crippen molar-refractivity contribution in [1.82, 2.24) is 20.6 Å². The summed E-state index contributed by atoms with van der Waals surface area (Å²) in [5.41, 5.74) is 4.37. The molecule has 0 amide bonds. The number of ether oxygens (including phenoxy) is 1. The number of guanidine groups is 1. The lowest BCUT2D eigenvalue weighted by Crippen LogP contribution is -2.36. The fourth-order valence-electron chi connectivity index (χ4n) is 2.78. The molecular weight excluding hydrogens is 338 g/mol. The summed E-state index contributed by atoms with van der Waals surface area (Å²) in [4.78, 5) is 12.0. The first-order valence-corrected chi connectivity index (χ1v) is 8.87. The summed E-state index contributed by atoms with van der Waals surface area (Å²) in [7, 11) is 3.44. The maximum atomic E-state index is 5.45. The highest BCUT2D eigenvalue weighted by atomic mass is 16.5. The molecule has 140 valence electrons. The van der Waals surface area contributed by atoms with Crippen LogP contribution in [0.1, 0.15) is 17.0 Å². The average molecular weight is 363 g/mol. The molecule has 3 rings (SSSR count). The van der Waals surface area contributed by atoms with E-state index in [4.69, 9.17) is 4.74 Å². The second-order valence-corrected chi connectivity index (χ2v) is 6.20. The molecule has 1 heterocycles. The number of aromatic amines is 1. The van der Waals surface area contributed by atoms with E-state index >= 15 is 0 Å². The third-order valence-corrected chi connectivity index (χ3v) is 4.25. The zero-order chi connectivity index (χ0) is 19.1. The van der Waals surface area contributed by atoms with E-state index < -0.39 is 0 Å². The molecule has 3 N–H and O–H groups in total. The molecule has 6 heteroatoms. The highest BCUT2D eigenvalue weighted by Crippen LogP contribution is 2.19. The van der Waals surface area contributed by atoms with Crippen LogP contribution in [-0.4, -0.2) is 30.1 Å². The van der Waals surface area contributed by atoms with Crippen LogP contribution in [0, 0.1) is 6.92 Å². The number of imidazole rings is 1. The molecule has 0 spiro atoms. The molecule has 0 bridgehead atoms. The van der Waals surface area contributed by atoms with Crippen LogP contribution >= 0.6 is 0 Å². The van der Waals surface area contributed by atoms with Gasteiger partial charge in [0.25, 0.3) is 0 Å². The Labute approximate surface area is 159 Å². The molecule has 2 aromatic carbocycles. The van der Waals surface area contributed by atoms with E-state index in [1.165, 1.54) is 5.56 Å². The van der Waals surface area contributed by atoms with Gasteiger partial charge in [-0.1, -0.05) is 42.5 Å². The number of H-pyrrole nitrogens is 1. The van der Waals surface area contributed by atoms with Crippen LogP contribution in [-0.2, 0) is 13.1 Å². The van der Waals surface area contributed by atoms with Gasteiger partial charge in [-0.2, -0.15) is 0 Å². The molecule has 0 aliphatic heterocycles. The third-order valence-electron chi connectivity index (χ3n) is 4.25. The molecule has 0 saturated carbocycles. The number of aromatic nitrogens is 2. The predicted octanol–water partition coefficient (Wildman–Crippen LogP) is 3.26. The molecule has 0 unspecified atom stereocenters. The van der Waals surface area contributed by atoms with Crippen molar-refractivity contribution in [2.75, 3.05) is 14.2 Å². The molecular formula is C21H25N5O. The Bertz CT molecular complexity index is 902. The van der Waals surface area contributed by atoms with Gasteiger partial charge in [-0.25, -0.2) is 4.98 Å². The first kappa shape index (κ1) is 18.5. The first-order valence-electron chi connectivity index (χ1n) is 8.87. The van der Waals surface area contributed by atoms with Gasteiger partial charge in [-0.3, -0.25) is 4.99 Å². The summed E-state index contributed by atoms with van der Waals surface area (Å²) in [6.07, 6.45) is 1.85. The van der Waals surface area contributed by atoms with Gasteiger partial charge >= 0.3 is 0 Å². The molecule has 3 aromatic rings. The highest BCUT2D eigenvalue weighted by Gasteiger charge is 2.06. The monoisotopic (exact) mass is 363 g/mol. The number of nitrogens with zero attached hydrogens (tertiary/aromatic N) is 2. The van der Waals surface area contributed by atoms with Crippen molar-refractivity contribution in [1.29, 1.82) is 0 Å². The number of aryl methyl sites for hydroxylation is 1. The van der Waals surface area contributed by atoms with Crippen molar-refractivity contribution in [2.45, 2.75) is 20.0 Å². The van der Waals surface area contributed by atoms with Gasteiger partial charge in [0.05, 0.1) is 25.5 Å². The standard InChI is InChI=1S/C21H25N5O/c1-15-9-10-17(19(11-15)27-3)12-24-21(22-2)25-14-20-23-13-18(26-20)16-7-5-4-6-8-16/h4-11,13H,12,14H2,1-3H3,(H,23,26)(H2,22,24,25). The molecule has 0 saturated heterocycles. The van der Waals surface area contributed by atoms with Crippen LogP contribution in [0.15, 0.2) is 59.7 Å². The van der Waals surface area contributed by atoms with Crippen LogP contribution in [0.2, 0.25) is 0 Å². The number of rotatable bonds is 6. The molecule has 0 radical (unpaired) electrons. The van der Waals surface area contributed by atoms with Crippen molar-refractivity contribution in [3.63, 3.8) is 0 Å². The van der Waals surface area contributed by atoms with Crippen molar-refractivity contribution in [3.05, 3.63) is 71.7 Å². The lowest BCUT2D eigenvalue weighted by Gasteiger charge is -2.13. The molecule has 6 nitrogen and oxygen atoms in total. The summed E-state index contributed by atoms with van der Waals surface area (Å²) in [5.74, 6) is 2.43. The number of hydrogen-bond donors (Lipinski definition) is 3. The summed E-state index contributed by atoms with van der Waals surface area (Å²) in [5, 5.41) is 6.58. The first-order chi connectivity index (χ1) is 13.2. The van der Waals surface area contributed by atoms with E-state index in [1.807, 2.05) is 37.4 Å². The molecule has 27 heavy (non-hydrogen) atoms. The van der Waals surface area contributed by atoms with Gasteiger partial charge in [0.15, 0.2) is 5.96 Å². The Morgan fingerprint density at radius 3 is 2.63 bits per heavy atom. The van der Waals surface area contributed by atoms with Crippen LogP contribution in [0.4, 0.5) is 0 Å². The summed E-state index contributed by atoms with van der Waals surface area (Å²) >= 11 is 0. The van der Waals surface area contributed by atoms with Crippen molar-refractivity contribution in [2.24, 2.45) is 4.99 Å². The van der Waals surface area contributed by atoms with Gasteiger partial charge in [-0.15, -0.1) is 0 Å². The second-order valence-electron chi connectivity index (χ2n) is 6.20. The Balaban J connectivity index is 1.56. The van der Waals surface area contributed by atoms with E-state index in [1.54, 1.807) is 14.2 Å². The third kappa shape index (κ3) is 4.88. The van der Waals surface area contributed by atoms with Crippen LogP contribution in [0.5, 0.6) is 5.75 Å². The largest absolute Gasteiger partial charge is 0.496 e. The van der Waals surface area contributed by atoms with Gasteiger partial charge in [0.2, 0.25) is 0 Å². The average Bonchev–Trinajstić information content (AvgIpc) is 3.18. The fraction of sp³-hybridized carbons (Fsp3) is 0.238. The Morgan fingerprint density at radius 2 is 1.89 bits per heavy atom. The van der Waals surface area contributed by atoms with Crippen LogP contribution < -0.4 is 15.4 Å². The fourth-order valence-corrected chi connectivity index (χ4v) is 2.78. The van der Waals surface area contributed by atoms with Gasteiger partial charge < -0.3 is 20.4 Å². The number of methoxy groups -OCH3 is 1. The summed E-state index contributed by atoms with van der Waals surface area (Å²) in [6, 6.07) is 16.3. The minimum absolute atomic E-state index is 0.553. The Kier molecular flexibility index (Phi) is 6.10. The lowest BCUT2D eigenvalue weighted by molar-refractivity contribution is 0.408. The van der Waals surface area contributed by atoms with Crippen LogP contribution in [0.3, 0.4) is 0 Å². The van der Waals surface area contributed by atoms with Crippen molar-refractivity contribution < 1.29 is 4.74 Å². The van der Waals surface area contributed by atoms with E-state index in [2.05, 4.69) is 49.9 Å². The second kappa shape index (κ2) is 8.89. The molecule has 0 atom stereocenters. The number of benzene rings is 2. The molecule has 0 aliphatic rings. The maximum Gasteiger partial charge on any atom is 0.191 e.